The van der Waals surface area contributed by atoms with Crippen molar-refractivity contribution >= 4 is 11.6 Å². The fraction of sp³-hybridized carbons (Fsp3) is 0.462. The first-order chi connectivity index (χ1) is 8.01. The number of aliphatic hydroxyl groups is 1. The Balaban J connectivity index is 2.56. The van der Waals surface area contributed by atoms with Gasteiger partial charge in [-0.25, -0.2) is 0 Å². The van der Waals surface area contributed by atoms with Crippen molar-refractivity contribution in [1.82, 2.24) is 4.90 Å². The maximum atomic E-state index is 11.7. The van der Waals surface area contributed by atoms with Gasteiger partial charge in [-0.1, -0.05) is 6.07 Å². The molecule has 0 heterocycles. The minimum Gasteiger partial charge on any atom is -0.395 e. The van der Waals surface area contributed by atoms with Crippen LogP contribution in [0.15, 0.2) is 18.2 Å². The Morgan fingerprint density at radius 2 is 1.88 bits per heavy atom. The number of benzene rings is 1. The first-order valence-electron chi connectivity index (χ1n) is 5.69. The molecule has 0 saturated heterocycles. The van der Waals surface area contributed by atoms with E-state index in [1.807, 2.05) is 26.0 Å². The molecular weight excluding hydrogens is 216 g/mol. The number of amides is 1. The lowest BCUT2D eigenvalue weighted by Gasteiger charge is -2.15. The van der Waals surface area contributed by atoms with Crippen LogP contribution < -0.4 is 5.32 Å². The van der Waals surface area contributed by atoms with Gasteiger partial charge in [0.05, 0.1) is 13.2 Å². The van der Waals surface area contributed by atoms with Gasteiger partial charge in [-0.2, -0.15) is 0 Å². The summed E-state index contributed by atoms with van der Waals surface area (Å²) in [6.45, 7) is 4.85. The summed E-state index contributed by atoms with van der Waals surface area (Å²) in [6, 6.07) is 5.95. The minimum atomic E-state index is -0.0639. The van der Waals surface area contributed by atoms with Crippen molar-refractivity contribution in [2.45, 2.75) is 13.8 Å². The maximum absolute atomic E-state index is 11.7. The summed E-state index contributed by atoms with van der Waals surface area (Å²) < 4.78 is 0. The van der Waals surface area contributed by atoms with E-state index < -0.39 is 0 Å². The molecule has 17 heavy (non-hydrogen) atoms. The van der Waals surface area contributed by atoms with Gasteiger partial charge < -0.3 is 10.4 Å². The third-order valence-electron chi connectivity index (χ3n) is 2.40. The van der Waals surface area contributed by atoms with Crippen molar-refractivity contribution in [2.24, 2.45) is 0 Å². The zero-order valence-corrected chi connectivity index (χ0v) is 10.7. The van der Waals surface area contributed by atoms with Crippen molar-refractivity contribution in [1.29, 1.82) is 0 Å². The molecule has 0 unspecified atom stereocenters. The van der Waals surface area contributed by atoms with E-state index >= 15 is 0 Å². The van der Waals surface area contributed by atoms with Crippen molar-refractivity contribution < 1.29 is 9.90 Å². The number of hydrogen-bond donors (Lipinski definition) is 2. The van der Waals surface area contributed by atoms with Gasteiger partial charge in [0.1, 0.15) is 0 Å². The molecular formula is C13H20N2O2. The molecule has 0 atom stereocenters. The maximum Gasteiger partial charge on any atom is 0.238 e. The van der Waals surface area contributed by atoms with Crippen LogP contribution in [0.3, 0.4) is 0 Å². The molecule has 0 radical (unpaired) electrons. The highest BCUT2D eigenvalue weighted by molar-refractivity contribution is 5.92. The topological polar surface area (TPSA) is 52.6 Å². The summed E-state index contributed by atoms with van der Waals surface area (Å²) in [5.74, 6) is -0.0639. The van der Waals surface area contributed by atoms with E-state index in [1.54, 1.807) is 11.9 Å². The standard InChI is InChI=1S/C13H20N2O2/c1-10-6-11(2)8-12(7-10)14-13(17)9-15(3)4-5-16/h6-8,16H,4-5,9H2,1-3H3,(H,14,17). The molecule has 0 spiro atoms. The number of hydrogen-bond acceptors (Lipinski definition) is 3. The summed E-state index contributed by atoms with van der Waals surface area (Å²) in [5, 5.41) is 11.6. The van der Waals surface area contributed by atoms with Crippen molar-refractivity contribution in [3.63, 3.8) is 0 Å². The second-order valence-corrected chi connectivity index (χ2v) is 4.39. The molecule has 1 rings (SSSR count). The Hall–Kier alpha value is -1.39. The van der Waals surface area contributed by atoms with Crippen LogP contribution in [0.25, 0.3) is 0 Å². The summed E-state index contributed by atoms with van der Waals surface area (Å²) in [5.41, 5.74) is 3.08. The molecule has 4 heteroatoms. The number of anilines is 1. The summed E-state index contributed by atoms with van der Waals surface area (Å²) >= 11 is 0. The second-order valence-electron chi connectivity index (χ2n) is 4.39. The molecule has 0 aliphatic heterocycles. The van der Waals surface area contributed by atoms with Gasteiger partial charge in [0.25, 0.3) is 0 Å². The average molecular weight is 236 g/mol. The molecule has 0 fully saturated rings. The lowest BCUT2D eigenvalue weighted by molar-refractivity contribution is -0.117. The van der Waals surface area contributed by atoms with Crippen molar-refractivity contribution in [2.75, 3.05) is 32.1 Å². The summed E-state index contributed by atoms with van der Waals surface area (Å²) in [7, 11) is 1.80. The lowest BCUT2D eigenvalue weighted by atomic mass is 10.1. The van der Waals surface area contributed by atoms with E-state index in [0.717, 1.165) is 16.8 Å². The number of aryl methyl sites for hydroxylation is 2. The monoisotopic (exact) mass is 236 g/mol. The van der Waals surface area contributed by atoms with E-state index in [9.17, 15) is 4.79 Å². The van der Waals surface area contributed by atoms with Crippen LogP contribution >= 0.6 is 0 Å². The summed E-state index contributed by atoms with van der Waals surface area (Å²) in [4.78, 5) is 13.5. The molecule has 0 saturated carbocycles. The quantitative estimate of drug-likeness (QED) is 0.807. The molecule has 0 aliphatic rings. The van der Waals surface area contributed by atoms with E-state index in [0.29, 0.717) is 6.54 Å². The third kappa shape index (κ3) is 4.97. The Labute approximate surface area is 102 Å². The lowest BCUT2D eigenvalue weighted by Crippen LogP contribution is -2.32. The zero-order chi connectivity index (χ0) is 12.8. The second kappa shape index (κ2) is 6.37. The number of rotatable bonds is 5. The number of aliphatic hydroxyl groups excluding tert-OH is 1. The van der Waals surface area contributed by atoms with Crippen LogP contribution in [-0.4, -0.2) is 42.7 Å². The van der Waals surface area contributed by atoms with Crippen LogP contribution in [-0.2, 0) is 4.79 Å². The fourth-order valence-corrected chi connectivity index (χ4v) is 1.74. The smallest absolute Gasteiger partial charge is 0.238 e. The normalized spacial score (nSPS) is 10.6. The minimum absolute atomic E-state index is 0.0628. The van der Waals surface area contributed by atoms with E-state index in [4.69, 9.17) is 5.11 Å². The fourth-order valence-electron chi connectivity index (χ4n) is 1.74. The number of nitrogens with one attached hydrogen (secondary N) is 1. The first-order valence-corrected chi connectivity index (χ1v) is 5.69. The molecule has 1 amide bonds. The number of likely N-dealkylation sites (N-methyl/N-ethyl adjacent to an activating group) is 1. The Morgan fingerprint density at radius 3 is 2.41 bits per heavy atom. The predicted octanol–water partition coefficient (Wildman–Crippen LogP) is 1.17. The zero-order valence-electron chi connectivity index (χ0n) is 10.7. The molecule has 4 nitrogen and oxygen atoms in total. The molecule has 0 aliphatic carbocycles. The average Bonchev–Trinajstić information content (AvgIpc) is 2.14. The van der Waals surface area contributed by atoms with Gasteiger partial charge in [-0.15, -0.1) is 0 Å². The van der Waals surface area contributed by atoms with Gasteiger partial charge in [0, 0.05) is 12.2 Å². The van der Waals surface area contributed by atoms with E-state index in [-0.39, 0.29) is 19.1 Å². The van der Waals surface area contributed by atoms with Gasteiger partial charge in [0.2, 0.25) is 5.91 Å². The van der Waals surface area contributed by atoms with Crippen molar-refractivity contribution in [3.8, 4) is 0 Å². The number of carbonyl (C=O) groups is 1. The van der Waals surface area contributed by atoms with E-state index in [1.165, 1.54) is 0 Å². The molecule has 1 aromatic carbocycles. The van der Waals surface area contributed by atoms with Crippen LogP contribution in [0.4, 0.5) is 5.69 Å². The summed E-state index contributed by atoms with van der Waals surface area (Å²) in [6.07, 6.45) is 0. The van der Waals surface area contributed by atoms with Crippen LogP contribution in [0.5, 0.6) is 0 Å². The highest BCUT2D eigenvalue weighted by Gasteiger charge is 2.06. The van der Waals surface area contributed by atoms with Gasteiger partial charge in [-0.05, 0) is 44.2 Å². The highest BCUT2D eigenvalue weighted by atomic mass is 16.3. The number of nitrogens with zero attached hydrogens (tertiary/aromatic N) is 1. The van der Waals surface area contributed by atoms with Crippen LogP contribution in [0.2, 0.25) is 0 Å². The Bertz CT molecular complexity index is 371. The van der Waals surface area contributed by atoms with Gasteiger partial charge >= 0.3 is 0 Å². The number of carbonyl (C=O) groups excluding carboxylic acids is 1. The molecule has 1 aromatic rings. The largest absolute Gasteiger partial charge is 0.395 e. The SMILES string of the molecule is Cc1cc(C)cc(NC(=O)CN(C)CCO)c1. The molecule has 0 bridgehead atoms. The first kappa shape index (κ1) is 13.7. The van der Waals surface area contributed by atoms with Crippen LogP contribution in [0.1, 0.15) is 11.1 Å². The Morgan fingerprint density at radius 1 is 1.29 bits per heavy atom. The van der Waals surface area contributed by atoms with Gasteiger partial charge in [-0.3, -0.25) is 9.69 Å². The van der Waals surface area contributed by atoms with Gasteiger partial charge in [0.15, 0.2) is 0 Å². The third-order valence-corrected chi connectivity index (χ3v) is 2.40. The van der Waals surface area contributed by atoms with Crippen LogP contribution in [0, 0.1) is 13.8 Å². The predicted molar refractivity (Wildman–Crippen MR) is 69.1 cm³/mol. The Kier molecular flexibility index (Phi) is 5.12. The molecule has 2 N–H and O–H groups in total. The van der Waals surface area contributed by atoms with E-state index in [2.05, 4.69) is 11.4 Å². The van der Waals surface area contributed by atoms with Crippen molar-refractivity contribution in [3.05, 3.63) is 29.3 Å². The molecule has 0 aromatic heterocycles. The highest BCUT2D eigenvalue weighted by Crippen LogP contribution is 2.13. The molecule has 94 valence electrons.